The number of hydrogen-bond donors (Lipinski definition) is 1. The van der Waals surface area contributed by atoms with Gasteiger partial charge in [-0.2, -0.15) is 0 Å². The standard InChI is InChI=1S/C15H18N2O/c1-2-8-16-13(5-1)11-18-14-7-6-12-4-3-9-17-15(12)10-14/h3-4,6-7,9-10,13,16H,1-2,5,8,11H2. The molecule has 1 aliphatic rings. The Morgan fingerprint density at radius 3 is 3.17 bits per heavy atom. The van der Waals surface area contributed by atoms with E-state index >= 15 is 0 Å². The maximum atomic E-state index is 5.85. The third-order valence-corrected chi connectivity index (χ3v) is 3.44. The number of rotatable bonds is 3. The smallest absolute Gasteiger partial charge is 0.121 e. The van der Waals surface area contributed by atoms with Gasteiger partial charge in [-0.25, -0.2) is 0 Å². The fourth-order valence-electron chi connectivity index (χ4n) is 2.40. The minimum atomic E-state index is 0.498. The Balaban J connectivity index is 1.66. The summed E-state index contributed by atoms with van der Waals surface area (Å²) >= 11 is 0. The second-order valence-electron chi connectivity index (χ2n) is 4.82. The monoisotopic (exact) mass is 242 g/mol. The average molecular weight is 242 g/mol. The van der Waals surface area contributed by atoms with Crippen molar-refractivity contribution in [2.45, 2.75) is 25.3 Å². The zero-order chi connectivity index (χ0) is 12.2. The van der Waals surface area contributed by atoms with Crippen LogP contribution in [0.5, 0.6) is 5.75 Å². The molecule has 3 heteroatoms. The maximum absolute atomic E-state index is 5.85. The number of benzene rings is 1. The van der Waals surface area contributed by atoms with Crippen molar-refractivity contribution in [3.63, 3.8) is 0 Å². The van der Waals surface area contributed by atoms with Crippen LogP contribution in [0.2, 0.25) is 0 Å². The lowest BCUT2D eigenvalue weighted by atomic mass is 10.1. The third kappa shape index (κ3) is 2.62. The molecule has 0 radical (unpaired) electrons. The molecular formula is C15H18N2O. The van der Waals surface area contributed by atoms with Crippen LogP contribution >= 0.6 is 0 Å². The predicted octanol–water partition coefficient (Wildman–Crippen LogP) is 2.76. The van der Waals surface area contributed by atoms with Gasteiger partial charge in [0.05, 0.1) is 5.52 Å². The number of hydrogen-bond acceptors (Lipinski definition) is 3. The summed E-state index contributed by atoms with van der Waals surface area (Å²) in [5.74, 6) is 0.911. The number of fused-ring (bicyclic) bond motifs is 1. The van der Waals surface area contributed by atoms with E-state index in [0.717, 1.165) is 29.8 Å². The van der Waals surface area contributed by atoms with Gasteiger partial charge < -0.3 is 10.1 Å². The van der Waals surface area contributed by atoms with E-state index < -0.39 is 0 Å². The van der Waals surface area contributed by atoms with Crippen LogP contribution in [0.3, 0.4) is 0 Å². The van der Waals surface area contributed by atoms with Crippen LogP contribution in [-0.2, 0) is 0 Å². The Kier molecular flexibility index (Phi) is 3.42. The van der Waals surface area contributed by atoms with E-state index in [-0.39, 0.29) is 0 Å². The number of pyridine rings is 1. The van der Waals surface area contributed by atoms with Crippen LogP contribution in [-0.4, -0.2) is 24.2 Å². The van der Waals surface area contributed by atoms with Crippen molar-refractivity contribution >= 4 is 10.9 Å². The largest absolute Gasteiger partial charge is 0.492 e. The van der Waals surface area contributed by atoms with Crippen LogP contribution in [0.25, 0.3) is 10.9 Å². The number of nitrogens with one attached hydrogen (secondary N) is 1. The maximum Gasteiger partial charge on any atom is 0.121 e. The minimum Gasteiger partial charge on any atom is -0.492 e. The normalized spacial score (nSPS) is 19.9. The predicted molar refractivity (Wildman–Crippen MR) is 72.9 cm³/mol. The highest BCUT2D eigenvalue weighted by molar-refractivity contribution is 5.79. The highest BCUT2D eigenvalue weighted by Gasteiger charge is 2.12. The summed E-state index contributed by atoms with van der Waals surface area (Å²) in [5.41, 5.74) is 0.992. The van der Waals surface area contributed by atoms with Crippen LogP contribution in [0, 0.1) is 0 Å². The summed E-state index contributed by atoms with van der Waals surface area (Å²) in [6.45, 7) is 1.87. The summed E-state index contributed by atoms with van der Waals surface area (Å²) in [6.07, 6.45) is 5.62. The summed E-state index contributed by atoms with van der Waals surface area (Å²) < 4.78 is 5.85. The molecule has 0 spiro atoms. The van der Waals surface area contributed by atoms with Crippen molar-refractivity contribution in [1.29, 1.82) is 0 Å². The summed E-state index contributed by atoms with van der Waals surface area (Å²) in [4.78, 5) is 4.34. The lowest BCUT2D eigenvalue weighted by molar-refractivity contribution is 0.239. The average Bonchev–Trinajstić information content (AvgIpc) is 2.46. The molecule has 2 heterocycles. The van der Waals surface area contributed by atoms with Crippen molar-refractivity contribution < 1.29 is 4.74 Å². The van der Waals surface area contributed by atoms with Crippen molar-refractivity contribution in [3.05, 3.63) is 36.5 Å². The van der Waals surface area contributed by atoms with Crippen molar-refractivity contribution in [2.75, 3.05) is 13.2 Å². The second kappa shape index (κ2) is 5.36. The molecule has 3 rings (SSSR count). The molecule has 0 bridgehead atoms. The van der Waals surface area contributed by atoms with E-state index in [0.29, 0.717) is 6.04 Å². The van der Waals surface area contributed by atoms with Crippen LogP contribution < -0.4 is 10.1 Å². The summed E-state index contributed by atoms with van der Waals surface area (Å²) in [7, 11) is 0. The van der Waals surface area contributed by atoms with Gasteiger partial charge in [0.25, 0.3) is 0 Å². The van der Waals surface area contributed by atoms with Crippen LogP contribution in [0.15, 0.2) is 36.5 Å². The zero-order valence-corrected chi connectivity index (χ0v) is 10.4. The van der Waals surface area contributed by atoms with Gasteiger partial charge >= 0.3 is 0 Å². The third-order valence-electron chi connectivity index (χ3n) is 3.44. The molecule has 1 atom stereocenters. The number of nitrogens with zero attached hydrogens (tertiary/aromatic N) is 1. The van der Waals surface area contributed by atoms with Gasteiger partial charge in [-0.1, -0.05) is 12.5 Å². The van der Waals surface area contributed by atoms with E-state index in [9.17, 15) is 0 Å². The first-order valence-electron chi connectivity index (χ1n) is 6.63. The molecular weight excluding hydrogens is 224 g/mol. The SMILES string of the molecule is c1cnc2cc(OCC3CCCCN3)ccc2c1. The highest BCUT2D eigenvalue weighted by Crippen LogP contribution is 2.19. The van der Waals surface area contributed by atoms with Crippen molar-refractivity contribution in [3.8, 4) is 5.75 Å². The molecule has 1 aliphatic heterocycles. The van der Waals surface area contributed by atoms with Gasteiger partial charge in [0.2, 0.25) is 0 Å². The van der Waals surface area contributed by atoms with E-state index in [4.69, 9.17) is 4.74 Å². The van der Waals surface area contributed by atoms with Crippen LogP contribution in [0.1, 0.15) is 19.3 Å². The number of ether oxygens (including phenoxy) is 1. The fourth-order valence-corrected chi connectivity index (χ4v) is 2.40. The molecule has 0 amide bonds. The Morgan fingerprint density at radius 1 is 1.28 bits per heavy atom. The molecule has 1 N–H and O–H groups in total. The van der Waals surface area contributed by atoms with Gasteiger partial charge in [-0.15, -0.1) is 0 Å². The highest BCUT2D eigenvalue weighted by atomic mass is 16.5. The topological polar surface area (TPSA) is 34.1 Å². The van der Waals surface area contributed by atoms with E-state index in [2.05, 4.69) is 22.4 Å². The number of piperidine rings is 1. The Hall–Kier alpha value is -1.61. The molecule has 0 saturated carbocycles. The summed E-state index contributed by atoms with van der Waals surface area (Å²) in [5, 5.41) is 4.64. The lowest BCUT2D eigenvalue weighted by Gasteiger charge is -2.23. The Labute approximate surface area is 107 Å². The first-order chi connectivity index (χ1) is 8.92. The van der Waals surface area contributed by atoms with E-state index in [1.54, 1.807) is 0 Å². The van der Waals surface area contributed by atoms with Gasteiger partial charge in [0.15, 0.2) is 0 Å². The van der Waals surface area contributed by atoms with E-state index in [1.807, 2.05) is 24.4 Å². The number of aromatic nitrogens is 1. The quantitative estimate of drug-likeness (QED) is 0.898. The molecule has 2 aromatic rings. The fraction of sp³-hybridized carbons (Fsp3) is 0.400. The molecule has 1 unspecified atom stereocenters. The molecule has 0 aliphatic carbocycles. The van der Waals surface area contributed by atoms with Gasteiger partial charge in [-0.3, -0.25) is 4.98 Å². The molecule has 1 fully saturated rings. The van der Waals surface area contributed by atoms with Gasteiger partial charge in [0.1, 0.15) is 12.4 Å². The second-order valence-corrected chi connectivity index (χ2v) is 4.82. The van der Waals surface area contributed by atoms with E-state index in [1.165, 1.54) is 19.3 Å². The lowest BCUT2D eigenvalue weighted by Crippen LogP contribution is -2.38. The zero-order valence-electron chi connectivity index (χ0n) is 10.4. The summed E-state index contributed by atoms with van der Waals surface area (Å²) in [6, 6.07) is 10.6. The van der Waals surface area contributed by atoms with Gasteiger partial charge in [-0.05, 0) is 37.6 Å². The Bertz CT molecular complexity index is 521. The Morgan fingerprint density at radius 2 is 2.28 bits per heavy atom. The molecule has 1 aromatic heterocycles. The first kappa shape index (κ1) is 11.5. The molecule has 3 nitrogen and oxygen atoms in total. The van der Waals surface area contributed by atoms with Crippen LogP contribution in [0.4, 0.5) is 0 Å². The molecule has 94 valence electrons. The van der Waals surface area contributed by atoms with Crippen molar-refractivity contribution in [1.82, 2.24) is 10.3 Å². The van der Waals surface area contributed by atoms with Gasteiger partial charge in [0, 0.05) is 23.7 Å². The first-order valence-corrected chi connectivity index (χ1v) is 6.63. The molecule has 18 heavy (non-hydrogen) atoms. The van der Waals surface area contributed by atoms with Crippen molar-refractivity contribution in [2.24, 2.45) is 0 Å². The molecule has 1 saturated heterocycles. The molecule has 1 aromatic carbocycles. The minimum absolute atomic E-state index is 0.498.